The number of nitrogens with zero attached hydrogens (tertiary/aromatic N) is 1. The quantitative estimate of drug-likeness (QED) is 0.508. The van der Waals surface area contributed by atoms with Gasteiger partial charge in [0.05, 0.1) is 19.1 Å². The number of benzene rings is 2. The van der Waals surface area contributed by atoms with Gasteiger partial charge < -0.3 is 20.1 Å². The molecule has 1 aliphatic rings. The molecule has 0 aromatic heterocycles. The topological polar surface area (TPSA) is 103 Å². The Morgan fingerprint density at radius 1 is 1.14 bits per heavy atom. The van der Waals surface area contributed by atoms with E-state index < -0.39 is 4.92 Å². The van der Waals surface area contributed by atoms with E-state index in [1.54, 1.807) is 26.4 Å². The van der Waals surface area contributed by atoms with Gasteiger partial charge in [0.15, 0.2) is 11.5 Å². The van der Waals surface area contributed by atoms with Gasteiger partial charge in [0.2, 0.25) is 0 Å². The van der Waals surface area contributed by atoms with Gasteiger partial charge in [-0.3, -0.25) is 14.9 Å². The Kier molecular flexibility index (Phi) is 5.98. The second-order valence-electron chi connectivity index (χ2n) is 6.60. The van der Waals surface area contributed by atoms with E-state index in [1.807, 2.05) is 18.2 Å². The Morgan fingerprint density at radius 3 is 2.54 bits per heavy atom. The molecule has 0 unspecified atom stereocenters. The highest BCUT2D eigenvalue weighted by molar-refractivity contribution is 5.96. The summed E-state index contributed by atoms with van der Waals surface area (Å²) in [6, 6.07) is 10.3. The third kappa shape index (κ3) is 4.70. The van der Waals surface area contributed by atoms with E-state index in [1.165, 1.54) is 6.07 Å². The van der Waals surface area contributed by atoms with Gasteiger partial charge in [-0.25, -0.2) is 0 Å². The highest BCUT2D eigenvalue weighted by atomic mass is 16.6. The maximum Gasteiger partial charge on any atom is 0.293 e. The molecule has 1 amide bonds. The Labute approximate surface area is 163 Å². The van der Waals surface area contributed by atoms with Crippen LogP contribution in [0.3, 0.4) is 0 Å². The molecule has 28 heavy (non-hydrogen) atoms. The summed E-state index contributed by atoms with van der Waals surface area (Å²) in [7, 11) is 3.15. The molecular weight excluding hydrogens is 362 g/mol. The number of nitro groups is 1. The molecule has 0 spiro atoms. The number of amides is 1. The van der Waals surface area contributed by atoms with Crippen molar-refractivity contribution in [2.24, 2.45) is 0 Å². The maximum atomic E-state index is 12.1. The second kappa shape index (κ2) is 8.60. The zero-order chi connectivity index (χ0) is 20.1. The SMILES string of the molecule is COc1ccc(CCNc2ccc(C(=O)NC3CC3)cc2[N+](=O)[O-])cc1OC. The summed E-state index contributed by atoms with van der Waals surface area (Å²) >= 11 is 0. The number of ether oxygens (including phenoxy) is 2. The minimum atomic E-state index is -0.480. The molecule has 0 saturated heterocycles. The average Bonchev–Trinajstić information content (AvgIpc) is 3.51. The molecule has 1 saturated carbocycles. The summed E-state index contributed by atoms with van der Waals surface area (Å²) in [6.45, 7) is 0.490. The van der Waals surface area contributed by atoms with Crippen LogP contribution in [0.5, 0.6) is 11.5 Å². The molecule has 2 N–H and O–H groups in total. The normalized spacial score (nSPS) is 12.9. The molecule has 8 heteroatoms. The average molecular weight is 385 g/mol. The van der Waals surface area contributed by atoms with E-state index >= 15 is 0 Å². The number of nitrogens with one attached hydrogen (secondary N) is 2. The molecule has 1 aliphatic carbocycles. The van der Waals surface area contributed by atoms with Crippen LogP contribution in [0.2, 0.25) is 0 Å². The van der Waals surface area contributed by atoms with Crippen LogP contribution >= 0.6 is 0 Å². The summed E-state index contributed by atoms with van der Waals surface area (Å²) in [5.74, 6) is 1.01. The third-order valence-electron chi connectivity index (χ3n) is 4.55. The van der Waals surface area contributed by atoms with E-state index in [0.29, 0.717) is 35.7 Å². The van der Waals surface area contributed by atoms with Gasteiger partial charge in [-0.05, 0) is 49.1 Å². The molecule has 0 atom stereocenters. The Bertz CT molecular complexity index is 880. The number of nitro benzene ring substituents is 1. The fraction of sp³-hybridized carbons (Fsp3) is 0.350. The van der Waals surface area contributed by atoms with Crippen LogP contribution in [0.4, 0.5) is 11.4 Å². The van der Waals surface area contributed by atoms with Gasteiger partial charge in [0.25, 0.3) is 11.6 Å². The predicted molar refractivity (Wildman–Crippen MR) is 105 cm³/mol. The van der Waals surface area contributed by atoms with Crippen LogP contribution in [-0.4, -0.2) is 37.6 Å². The molecule has 1 fully saturated rings. The molecule has 2 aromatic carbocycles. The van der Waals surface area contributed by atoms with Gasteiger partial charge in [-0.2, -0.15) is 0 Å². The van der Waals surface area contributed by atoms with Gasteiger partial charge in [0.1, 0.15) is 5.69 Å². The molecule has 2 aromatic rings. The van der Waals surface area contributed by atoms with Crippen molar-refractivity contribution in [1.82, 2.24) is 5.32 Å². The summed E-state index contributed by atoms with van der Waals surface area (Å²) in [4.78, 5) is 23.1. The summed E-state index contributed by atoms with van der Waals surface area (Å²) < 4.78 is 10.5. The van der Waals surface area contributed by atoms with Crippen molar-refractivity contribution < 1.29 is 19.2 Å². The first-order valence-electron chi connectivity index (χ1n) is 9.06. The van der Waals surface area contributed by atoms with Crippen LogP contribution in [0.25, 0.3) is 0 Å². The smallest absolute Gasteiger partial charge is 0.293 e. The largest absolute Gasteiger partial charge is 0.493 e. The van der Waals surface area contributed by atoms with Crippen molar-refractivity contribution in [3.63, 3.8) is 0 Å². The number of rotatable bonds is 9. The fourth-order valence-electron chi connectivity index (χ4n) is 2.85. The standard InChI is InChI=1S/C20H23N3O5/c1-27-18-8-3-13(11-19(18)28-2)9-10-21-16-7-4-14(12-17(16)23(25)26)20(24)22-15-5-6-15/h3-4,7-8,11-12,15,21H,5-6,9-10H2,1-2H3,(H,22,24). The Hall–Kier alpha value is -3.29. The van der Waals surface area contributed by atoms with Crippen LogP contribution in [0, 0.1) is 10.1 Å². The number of hydrogen-bond donors (Lipinski definition) is 2. The lowest BCUT2D eigenvalue weighted by Gasteiger charge is -2.11. The summed E-state index contributed by atoms with van der Waals surface area (Å²) in [5.41, 5.74) is 1.57. The van der Waals surface area contributed by atoms with Crippen molar-refractivity contribution in [2.45, 2.75) is 25.3 Å². The molecular formula is C20H23N3O5. The number of carbonyl (C=O) groups is 1. The highest BCUT2D eigenvalue weighted by Gasteiger charge is 2.25. The first-order chi connectivity index (χ1) is 13.5. The van der Waals surface area contributed by atoms with Crippen molar-refractivity contribution in [1.29, 1.82) is 0 Å². The van der Waals surface area contributed by atoms with Crippen LogP contribution in [0.1, 0.15) is 28.8 Å². The number of anilines is 1. The summed E-state index contributed by atoms with van der Waals surface area (Å²) in [6.07, 6.45) is 2.56. The van der Waals surface area contributed by atoms with E-state index in [-0.39, 0.29) is 17.6 Å². The molecule has 8 nitrogen and oxygen atoms in total. The first kappa shape index (κ1) is 19.5. The molecule has 0 aliphatic heterocycles. The molecule has 3 rings (SSSR count). The van der Waals surface area contributed by atoms with Gasteiger partial charge in [-0.1, -0.05) is 6.07 Å². The van der Waals surface area contributed by atoms with Gasteiger partial charge in [-0.15, -0.1) is 0 Å². The van der Waals surface area contributed by atoms with Crippen LogP contribution in [0.15, 0.2) is 36.4 Å². The van der Waals surface area contributed by atoms with E-state index in [2.05, 4.69) is 10.6 Å². The molecule has 0 bridgehead atoms. The van der Waals surface area contributed by atoms with Crippen molar-refractivity contribution in [2.75, 3.05) is 26.1 Å². The van der Waals surface area contributed by atoms with Crippen molar-refractivity contribution in [3.8, 4) is 11.5 Å². The fourth-order valence-corrected chi connectivity index (χ4v) is 2.85. The van der Waals surface area contributed by atoms with E-state index in [4.69, 9.17) is 9.47 Å². The Morgan fingerprint density at radius 2 is 1.89 bits per heavy atom. The zero-order valence-electron chi connectivity index (χ0n) is 15.9. The Balaban J connectivity index is 1.66. The number of hydrogen-bond acceptors (Lipinski definition) is 6. The minimum absolute atomic E-state index is 0.115. The minimum Gasteiger partial charge on any atom is -0.493 e. The maximum absolute atomic E-state index is 12.1. The first-order valence-corrected chi connectivity index (χ1v) is 9.06. The molecule has 0 heterocycles. The molecule has 148 valence electrons. The van der Waals surface area contributed by atoms with Crippen molar-refractivity contribution in [3.05, 3.63) is 57.6 Å². The lowest BCUT2D eigenvalue weighted by atomic mass is 10.1. The lowest BCUT2D eigenvalue weighted by Crippen LogP contribution is -2.25. The molecule has 0 radical (unpaired) electrons. The third-order valence-corrected chi connectivity index (χ3v) is 4.55. The van der Waals surface area contributed by atoms with E-state index in [0.717, 1.165) is 18.4 Å². The lowest BCUT2D eigenvalue weighted by molar-refractivity contribution is -0.384. The monoisotopic (exact) mass is 385 g/mol. The summed E-state index contributed by atoms with van der Waals surface area (Å²) in [5, 5.41) is 17.3. The highest BCUT2D eigenvalue weighted by Crippen LogP contribution is 2.29. The number of methoxy groups -OCH3 is 2. The van der Waals surface area contributed by atoms with Gasteiger partial charge in [0, 0.05) is 24.2 Å². The van der Waals surface area contributed by atoms with Crippen LogP contribution < -0.4 is 20.1 Å². The van der Waals surface area contributed by atoms with Crippen molar-refractivity contribution >= 4 is 17.3 Å². The second-order valence-corrected chi connectivity index (χ2v) is 6.60. The van der Waals surface area contributed by atoms with E-state index in [9.17, 15) is 14.9 Å². The number of carbonyl (C=O) groups excluding carboxylic acids is 1. The predicted octanol–water partition coefficient (Wildman–Crippen LogP) is 3.16. The zero-order valence-corrected chi connectivity index (χ0v) is 15.9. The van der Waals surface area contributed by atoms with Crippen LogP contribution in [-0.2, 0) is 6.42 Å². The van der Waals surface area contributed by atoms with Gasteiger partial charge >= 0.3 is 0 Å².